The molecule has 1 aromatic heterocycles. The first kappa shape index (κ1) is 18.1. The summed E-state index contributed by atoms with van der Waals surface area (Å²) in [5, 5.41) is 2.93. The standard InChI is InChI=1S/C14H24N3O2PS/c1-4-11(15)5-6-12(9-20(2)3)17-14(18)19-8-13-7-16-10-21-13/h7,10-12H,2,4-6,8-9,15H2,1,3H3/p+1. The minimum Gasteiger partial charge on any atom is -0.444 e. The van der Waals surface area contributed by atoms with Gasteiger partial charge in [-0.1, -0.05) is 6.92 Å². The molecule has 1 amide bonds. The highest BCUT2D eigenvalue weighted by Crippen LogP contribution is 2.18. The fourth-order valence-electron chi connectivity index (χ4n) is 1.86. The first-order valence-electron chi connectivity index (χ1n) is 7.09. The van der Waals surface area contributed by atoms with E-state index in [0.717, 1.165) is 30.3 Å². The average molecular weight is 330 g/mol. The monoisotopic (exact) mass is 330 g/mol. The second kappa shape index (κ2) is 9.87. The Morgan fingerprint density at radius 3 is 2.95 bits per heavy atom. The maximum absolute atomic E-state index is 11.9. The zero-order chi connectivity index (χ0) is 15.7. The molecule has 3 atom stereocenters. The Balaban J connectivity index is 2.38. The van der Waals surface area contributed by atoms with Crippen LogP contribution in [0.15, 0.2) is 11.7 Å². The molecule has 0 aliphatic heterocycles. The normalized spacial score (nSPS) is 14.3. The van der Waals surface area contributed by atoms with E-state index in [1.165, 1.54) is 11.3 Å². The van der Waals surface area contributed by atoms with Crippen LogP contribution < -0.4 is 11.1 Å². The van der Waals surface area contributed by atoms with E-state index in [1.807, 2.05) is 0 Å². The van der Waals surface area contributed by atoms with Crippen molar-refractivity contribution in [1.29, 1.82) is 0 Å². The van der Waals surface area contributed by atoms with Crippen molar-refractivity contribution >= 4 is 31.3 Å². The third-order valence-electron chi connectivity index (χ3n) is 3.09. The van der Waals surface area contributed by atoms with Crippen LogP contribution in [0.5, 0.6) is 0 Å². The molecule has 3 N–H and O–H groups in total. The molecule has 0 saturated carbocycles. The maximum atomic E-state index is 11.9. The number of hydrogen-bond acceptors (Lipinski definition) is 5. The fourth-order valence-corrected chi connectivity index (χ4v) is 3.40. The molecule has 3 unspecified atom stereocenters. The quantitative estimate of drug-likeness (QED) is 0.683. The molecule has 21 heavy (non-hydrogen) atoms. The number of nitrogens with two attached hydrogens (primary N) is 1. The lowest BCUT2D eigenvalue weighted by Gasteiger charge is -2.17. The van der Waals surface area contributed by atoms with Gasteiger partial charge in [-0.2, -0.15) is 0 Å². The van der Waals surface area contributed by atoms with Crippen molar-refractivity contribution in [1.82, 2.24) is 10.3 Å². The molecule has 0 bridgehead atoms. The Morgan fingerprint density at radius 1 is 1.62 bits per heavy atom. The second-order valence-electron chi connectivity index (χ2n) is 5.17. The lowest BCUT2D eigenvalue weighted by molar-refractivity contribution is 0.137. The van der Waals surface area contributed by atoms with Gasteiger partial charge in [-0.25, -0.2) is 4.79 Å². The summed E-state index contributed by atoms with van der Waals surface area (Å²) >= 11 is 1.47. The highest BCUT2D eigenvalue weighted by atomic mass is 32.1. The predicted octanol–water partition coefficient (Wildman–Crippen LogP) is 2.80. The Kier molecular flexibility index (Phi) is 8.50. The Morgan fingerprint density at radius 2 is 2.38 bits per heavy atom. The molecule has 5 nitrogen and oxygen atoms in total. The van der Waals surface area contributed by atoms with Gasteiger partial charge in [0, 0.05) is 12.2 Å². The highest BCUT2D eigenvalue weighted by Gasteiger charge is 2.18. The van der Waals surface area contributed by atoms with E-state index in [9.17, 15) is 4.79 Å². The van der Waals surface area contributed by atoms with E-state index in [2.05, 4.69) is 30.2 Å². The fraction of sp³-hybridized carbons (Fsp3) is 0.643. The number of aromatic nitrogens is 1. The maximum Gasteiger partial charge on any atom is 0.407 e. The van der Waals surface area contributed by atoms with Crippen molar-refractivity contribution in [2.75, 3.05) is 12.8 Å². The van der Waals surface area contributed by atoms with Crippen molar-refractivity contribution in [3.05, 3.63) is 16.6 Å². The van der Waals surface area contributed by atoms with Gasteiger partial charge in [-0.3, -0.25) is 4.98 Å². The van der Waals surface area contributed by atoms with Gasteiger partial charge in [-0.15, -0.1) is 11.3 Å². The molecule has 0 aliphatic carbocycles. The third kappa shape index (κ3) is 8.15. The van der Waals surface area contributed by atoms with Crippen molar-refractivity contribution in [2.24, 2.45) is 5.73 Å². The van der Waals surface area contributed by atoms with E-state index in [0.29, 0.717) is 0 Å². The number of alkyl carbamates (subject to hydrolysis) is 1. The number of ether oxygens (including phenoxy) is 1. The van der Waals surface area contributed by atoms with Crippen LogP contribution in [-0.4, -0.2) is 42.3 Å². The molecule has 7 heteroatoms. The largest absolute Gasteiger partial charge is 0.444 e. The van der Waals surface area contributed by atoms with Crippen molar-refractivity contribution in [3.8, 4) is 0 Å². The number of amides is 1. The number of carbonyl (C=O) groups is 1. The summed E-state index contributed by atoms with van der Waals surface area (Å²) in [6.45, 7) is 4.44. The summed E-state index contributed by atoms with van der Waals surface area (Å²) in [7, 11) is -0.320. The van der Waals surface area contributed by atoms with Gasteiger partial charge in [0.25, 0.3) is 0 Å². The lowest BCUT2D eigenvalue weighted by atomic mass is 10.1. The van der Waals surface area contributed by atoms with Crippen LogP contribution in [0.25, 0.3) is 0 Å². The van der Waals surface area contributed by atoms with Crippen LogP contribution in [0.2, 0.25) is 0 Å². The van der Waals surface area contributed by atoms with E-state index >= 15 is 0 Å². The first-order valence-corrected chi connectivity index (χ1v) is 10.1. The molecule has 0 saturated heterocycles. The zero-order valence-corrected chi connectivity index (χ0v) is 14.5. The number of hydrogen-bond donors (Lipinski definition) is 2. The summed E-state index contributed by atoms with van der Waals surface area (Å²) in [4.78, 5) is 16.7. The number of thiazole rings is 1. The third-order valence-corrected chi connectivity index (χ3v) is 4.91. The van der Waals surface area contributed by atoms with Crippen LogP contribution in [0, 0.1) is 0 Å². The van der Waals surface area contributed by atoms with Gasteiger partial charge in [0.2, 0.25) is 0 Å². The lowest BCUT2D eigenvalue weighted by Crippen LogP contribution is -2.38. The molecule has 0 aliphatic rings. The molecule has 0 spiro atoms. The number of nitrogens with one attached hydrogen (secondary N) is 1. The predicted molar refractivity (Wildman–Crippen MR) is 91.6 cm³/mol. The van der Waals surface area contributed by atoms with E-state index < -0.39 is 0 Å². The number of rotatable bonds is 9. The summed E-state index contributed by atoms with van der Waals surface area (Å²) in [5.41, 5.74) is 7.67. The molecule has 0 fully saturated rings. The average Bonchev–Trinajstić information content (AvgIpc) is 2.94. The van der Waals surface area contributed by atoms with Gasteiger partial charge in [0.1, 0.15) is 12.8 Å². The van der Waals surface area contributed by atoms with Crippen molar-refractivity contribution < 1.29 is 9.53 Å². The van der Waals surface area contributed by atoms with Gasteiger partial charge in [0.15, 0.2) is 0 Å². The topological polar surface area (TPSA) is 77.2 Å². The number of nitrogens with zero attached hydrogens (tertiary/aromatic N) is 1. The summed E-state index contributed by atoms with van der Waals surface area (Å²) < 4.78 is 5.21. The smallest absolute Gasteiger partial charge is 0.407 e. The summed E-state index contributed by atoms with van der Waals surface area (Å²) in [5.74, 6) is 0. The van der Waals surface area contributed by atoms with Gasteiger partial charge in [0.05, 0.1) is 36.9 Å². The van der Waals surface area contributed by atoms with Crippen LogP contribution in [0.3, 0.4) is 0 Å². The summed E-state index contributed by atoms with van der Waals surface area (Å²) in [6.07, 6.45) is 8.99. The second-order valence-corrected chi connectivity index (χ2v) is 8.22. The summed E-state index contributed by atoms with van der Waals surface area (Å²) in [6, 6.07) is 0.278. The van der Waals surface area contributed by atoms with Crippen molar-refractivity contribution in [3.63, 3.8) is 0 Å². The van der Waals surface area contributed by atoms with Crippen LogP contribution >= 0.6 is 18.9 Å². The molecule has 118 valence electrons. The molecule has 0 radical (unpaired) electrons. The Bertz CT molecular complexity index is 439. The Hall–Kier alpha value is -0.970. The minimum absolute atomic E-state index is 0.0881. The molecule has 1 heterocycles. The van der Waals surface area contributed by atoms with Crippen LogP contribution in [-0.2, 0) is 11.3 Å². The molecule has 1 aromatic rings. The van der Waals surface area contributed by atoms with Gasteiger partial charge in [-0.05, 0) is 19.3 Å². The molecular formula is C14H25N3O2PS+. The zero-order valence-electron chi connectivity index (χ0n) is 12.7. The number of carbonyl (C=O) groups excluding carboxylic acids is 1. The van der Waals surface area contributed by atoms with Crippen molar-refractivity contribution in [2.45, 2.75) is 44.9 Å². The van der Waals surface area contributed by atoms with E-state index in [1.54, 1.807) is 11.7 Å². The molecule has 0 aromatic carbocycles. The SMILES string of the molecule is C=[P+](C)CC(CCC(N)CC)NC(=O)OCc1cncs1. The van der Waals surface area contributed by atoms with Gasteiger partial charge >= 0.3 is 6.09 Å². The van der Waals surface area contributed by atoms with Gasteiger partial charge < -0.3 is 15.8 Å². The van der Waals surface area contributed by atoms with E-state index in [4.69, 9.17) is 10.5 Å². The Labute approximate surface area is 131 Å². The van der Waals surface area contributed by atoms with Crippen LogP contribution in [0.4, 0.5) is 4.79 Å². The first-order chi connectivity index (χ1) is 10.0. The van der Waals surface area contributed by atoms with Crippen LogP contribution in [0.1, 0.15) is 31.1 Å². The molecular weight excluding hydrogens is 305 g/mol. The molecule has 1 rings (SSSR count). The van der Waals surface area contributed by atoms with E-state index in [-0.39, 0.29) is 32.3 Å². The minimum atomic E-state index is -0.379. The highest BCUT2D eigenvalue weighted by molar-refractivity contribution is 7.55.